The standard InChI is InChI=1S/C14H12N4/c1-11-7-5-6-10-13(11)18-16-14(15-17-18)12-8-3-2-4-9-12/h2-10H,1H3/p+1. The Morgan fingerprint density at radius 1 is 0.944 bits per heavy atom. The second kappa shape index (κ2) is 4.41. The summed E-state index contributed by atoms with van der Waals surface area (Å²) in [4.78, 5) is 1.69. The minimum absolute atomic E-state index is 0.693. The lowest BCUT2D eigenvalue weighted by atomic mass is 10.2. The monoisotopic (exact) mass is 237 g/mol. The van der Waals surface area contributed by atoms with Crippen molar-refractivity contribution >= 4 is 0 Å². The Hall–Kier alpha value is -2.49. The number of H-pyrrole nitrogens is 1. The minimum Gasteiger partial charge on any atom is -0.0622 e. The molecule has 2 aromatic carbocycles. The maximum atomic E-state index is 4.46. The summed E-state index contributed by atoms with van der Waals surface area (Å²) in [5.41, 5.74) is 3.16. The van der Waals surface area contributed by atoms with Gasteiger partial charge in [-0.25, -0.2) is 0 Å². The van der Waals surface area contributed by atoms with Crippen LogP contribution >= 0.6 is 0 Å². The van der Waals surface area contributed by atoms with Gasteiger partial charge in [0, 0.05) is 5.56 Å². The van der Waals surface area contributed by atoms with Crippen LogP contribution in [0.4, 0.5) is 0 Å². The Bertz CT molecular complexity index is 658. The molecular formula is C14H13N4+. The molecule has 1 N–H and O–H groups in total. The van der Waals surface area contributed by atoms with E-state index in [2.05, 4.69) is 15.4 Å². The van der Waals surface area contributed by atoms with Crippen LogP contribution in [0.3, 0.4) is 0 Å². The maximum absolute atomic E-state index is 4.46. The molecule has 1 aromatic heterocycles. The molecule has 0 radical (unpaired) electrons. The zero-order valence-corrected chi connectivity index (χ0v) is 10.0. The molecule has 4 heteroatoms. The lowest BCUT2D eigenvalue weighted by Crippen LogP contribution is -2.37. The fraction of sp³-hybridized carbons (Fsp3) is 0.0714. The summed E-state index contributed by atoms with van der Waals surface area (Å²) in [5, 5.41) is 11.6. The molecular weight excluding hydrogens is 224 g/mol. The first-order chi connectivity index (χ1) is 8.84. The molecule has 18 heavy (non-hydrogen) atoms. The van der Waals surface area contributed by atoms with Crippen molar-refractivity contribution in [2.24, 2.45) is 0 Å². The molecule has 0 amide bonds. The number of nitrogens with one attached hydrogen (secondary N) is 1. The SMILES string of the molecule is Cc1ccccc1-[n+]1nc(-c2ccccc2)n[nH]1. The minimum atomic E-state index is 0.693. The van der Waals surface area contributed by atoms with Crippen molar-refractivity contribution in [3.8, 4) is 17.1 Å². The topological polar surface area (TPSA) is 45.5 Å². The number of aromatic amines is 1. The molecule has 0 saturated heterocycles. The number of benzene rings is 2. The maximum Gasteiger partial charge on any atom is 0.339 e. The van der Waals surface area contributed by atoms with Crippen molar-refractivity contribution < 1.29 is 4.80 Å². The molecule has 3 rings (SSSR count). The van der Waals surface area contributed by atoms with Crippen molar-refractivity contribution in [3.63, 3.8) is 0 Å². The first-order valence-corrected chi connectivity index (χ1v) is 5.81. The van der Waals surface area contributed by atoms with Crippen LogP contribution in [0.15, 0.2) is 54.6 Å². The highest BCUT2D eigenvalue weighted by atomic mass is 15.6. The molecule has 0 unspecified atom stereocenters. The van der Waals surface area contributed by atoms with Crippen LogP contribution in [0, 0.1) is 6.92 Å². The Balaban J connectivity index is 2.03. The van der Waals surface area contributed by atoms with E-state index in [0.29, 0.717) is 5.82 Å². The lowest BCUT2D eigenvalue weighted by Gasteiger charge is -1.95. The number of hydrogen-bond acceptors (Lipinski definition) is 2. The molecule has 0 aliphatic carbocycles. The first-order valence-electron chi connectivity index (χ1n) is 5.81. The average Bonchev–Trinajstić information content (AvgIpc) is 2.90. The van der Waals surface area contributed by atoms with E-state index in [1.807, 2.05) is 61.5 Å². The number of nitrogens with zero attached hydrogens (tertiary/aromatic N) is 3. The number of para-hydroxylation sites is 1. The molecule has 1 heterocycles. The summed E-state index contributed by atoms with van der Waals surface area (Å²) in [6, 6.07) is 18.0. The van der Waals surface area contributed by atoms with E-state index in [4.69, 9.17) is 0 Å². The fourth-order valence-electron chi connectivity index (χ4n) is 1.85. The van der Waals surface area contributed by atoms with Gasteiger partial charge in [-0.15, -0.1) is 0 Å². The second-order valence-corrected chi connectivity index (χ2v) is 4.10. The number of aryl methyl sites for hydroxylation is 1. The van der Waals surface area contributed by atoms with E-state index < -0.39 is 0 Å². The van der Waals surface area contributed by atoms with Crippen molar-refractivity contribution in [1.82, 2.24) is 15.4 Å². The van der Waals surface area contributed by atoms with Gasteiger partial charge in [-0.05, 0) is 40.2 Å². The number of rotatable bonds is 2. The van der Waals surface area contributed by atoms with Crippen molar-refractivity contribution in [1.29, 1.82) is 0 Å². The van der Waals surface area contributed by atoms with Crippen LogP contribution in [0.2, 0.25) is 0 Å². The third kappa shape index (κ3) is 1.88. The zero-order chi connectivity index (χ0) is 12.4. The van der Waals surface area contributed by atoms with Crippen LogP contribution < -0.4 is 4.80 Å². The highest BCUT2D eigenvalue weighted by molar-refractivity contribution is 5.52. The van der Waals surface area contributed by atoms with Gasteiger partial charge in [-0.2, -0.15) is 0 Å². The third-order valence-corrected chi connectivity index (χ3v) is 2.82. The lowest BCUT2D eigenvalue weighted by molar-refractivity contribution is -0.716. The summed E-state index contributed by atoms with van der Waals surface area (Å²) in [6.45, 7) is 2.05. The molecule has 0 bridgehead atoms. The van der Waals surface area contributed by atoms with E-state index in [9.17, 15) is 0 Å². The number of hydrogen-bond donors (Lipinski definition) is 1. The van der Waals surface area contributed by atoms with Crippen LogP contribution in [0.5, 0.6) is 0 Å². The van der Waals surface area contributed by atoms with Gasteiger partial charge >= 0.3 is 5.82 Å². The molecule has 0 fully saturated rings. The molecule has 0 saturated carbocycles. The Morgan fingerprint density at radius 2 is 1.67 bits per heavy atom. The molecule has 0 atom stereocenters. The first kappa shape index (κ1) is 10.7. The number of aromatic nitrogens is 4. The quantitative estimate of drug-likeness (QED) is 0.693. The van der Waals surface area contributed by atoms with Gasteiger partial charge in [0.25, 0.3) is 0 Å². The number of tetrazole rings is 1. The van der Waals surface area contributed by atoms with Crippen molar-refractivity contribution in [3.05, 3.63) is 60.2 Å². The Morgan fingerprint density at radius 3 is 2.44 bits per heavy atom. The van der Waals surface area contributed by atoms with Gasteiger partial charge < -0.3 is 0 Å². The van der Waals surface area contributed by atoms with E-state index >= 15 is 0 Å². The summed E-state index contributed by atoms with van der Waals surface area (Å²) in [6.07, 6.45) is 0. The second-order valence-electron chi connectivity index (χ2n) is 4.10. The molecule has 3 aromatic rings. The van der Waals surface area contributed by atoms with Gasteiger partial charge in [0.15, 0.2) is 5.69 Å². The van der Waals surface area contributed by atoms with E-state index in [1.54, 1.807) is 4.80 Å². The highest BCUT2D eigenvalue weighted by Crippen LogP contribution is 2.11. The summed E-state index contributed by atoms with van der Waals surface area (Å²) in [5.74, 6) is 0.693. The summed E-state index contributed by atoms with van der Waals surface area (Å²) < 4.78 is 0. The summed E-state index contributed by atoms with van der Waals surface area (Å²) >= 11 is 0. The predicted octanol–water partition coefficient (Wildman–Crippen LogP) is 2.06. The van der Waals surface area contributed by atoms with Gasteiger partial charge in [0.1, 0.15) is 0 Å². The van der Waals surface area contributed by atoms with Gasteiger partial charge in [-0.1, -0.05) is 36.4 Å². The van der Waals surface area contributed by atoms with E-state index in [1.165, 1.54) is 0 Å². The normalized spacial score (nSPS) is 10.5. The van der Waals surface area contributed by atoms with E-state index in [-0.39, 0.29) is 0 Å². The fourth-order valence-corrected chi connectivity index (χ4v) is 1.85. The molecule has 0 aliphatic heterocycles. The Kier molecular flexibility index (Phi) is 2.61. The molecule has 0 aliphatic rings. The van der Waals surface area contributed by atoms with Gasteiger partial charge in [-0.3, -0.25) is 0 Å². The average molecular weight is 237 g/mol. The predicted molar refractivity (Wildman–Crippen MR) is 68.1 cm³/mol. The summed E-state index contributed by atoms with van der Waals surface area (Å²) in [7, 11) is 0. The van der Waals surface area contributed by atoms with Gasteiger partial charge in [0.2, 0.25) is 0 Å². The van der Waals surface area contributed by atoms with Crippen LogP contribution in [0.1, 0.15) is 5.56 Å². The van der Waals surface area contributed by atoms with Crippen LogP contribution in [0.25, 0.3) is 17.1 Å². The smallest absolute Gasteiger partial charge is 0.0622 e. The largest absolute Gasteiger partial charge is 0.339 e. The molecule has 88 valence electrons. The molecule has 4 nitrogen and oxygen atoms in total. The van der Waals surface area contributed by atoms with E-state index in [0.717, 1.165) is 16.8 Å². The Labute approximate surface area is 105 Å². The zero-order valence-electron chi connectivity index (χ0n) is 10.0. The van der Waals surface area contributed by atoms with Crippen molar-refractivity contribution in [2.45, 2.75) is 6.92 Å². The molecule has 0 spiro atoms. The van der Waals surface area contributed by atoms with Crippen LogP contribution in [-0.2, 0) is 0 Å². The van der Waals surface area contributed by atoms with Gasteiger partial charge in [0.05, 0.1) is 10.7 Å². The third-order valence-electron chi connectivity index (χ3n) is 2.82. The van der Waals surface area contributed by atoms with Crippen molar-refractivity contribution in [2.75, 3.05) is 0 Å². The van der Waals surface area contributed by atoms with Crippen LogP contribution in [-0.4, -0.2) is 15.4 Å². The highest BCUT2D eigenvalue weighted by Gasteiger charge is 2.15.